The number of halogens is 3. The molecule has 0 fully saturated rings. The summed E-state index contributed by atoms with van der Waals surface area (Å²) in [5.74, 6) is -0.743. The molecule has 8 nitrogen and oxygen atoms in total. The standard InChI is InChI=1S/C24H18F3N7O/c1-13-19(17-6-16(9-28)22(31-10-17)20-12-34(3)33-14(20)2)8-18(11-30-13)32-23(35)15-4-5-29-21(7-15)24(25,26)27/h4-8,10-12H,1-3H3,(H,32,35). The van der Waals surface area contributed by atoms with Crippen LogP contribution in [0.2, 0.25) is 0 Å². The molecule has 11 heteroatoms. The van der Waals surface area contributed by atoms with E-state index in [-0.39, 0.29) is 11.3 Å². The molecule has 0 aliphatic rings. The molecule has 0 saturated carbocycles. The molecular formula is C24H18F3N7O. The van der Waals surface area contributed by atoms with Crippen LogP contribution in [0.4, 0.5) is 18.9 Å². The van der Waals surface area contributed by atoms with Crippen LogP contribution in [-0.4, -0.2) is 30.6 Å². The molecule has 35 heavy (non-hydrogen) atoms. The molecule has 4 aromatic heterocycles. The SMILES string of the molecule is Cc1ncc(NC(=O)c2ccnc(C(F)(F)F)c2)cc1-c1cnc(-c2cn(C)nc2C)c(C#N)c1. The number of rotatable bonds is 4. The van der Waals surface area contributed by atoms with Gasteiger partial charge < -0.3 is 5.32 Å². The summed E-state index contributed by atoms with van der Waals surface area (Å²) in [5, 5.41) is 16.6. The van der Waals surface area contributed by atoms with Gasteiger partial charge in [-0.25, -0.2) is 0 Å². The van der Waals surface area contributed by atoms with Gasteiger partial charge in [-0.3, -0.25) is 24.4 Å². The van der Waals surface area contributed by atoms with Crippen molar-refractivity contribution >= 4 is 11.6 Å². The summed E-state index contributed by atoms with van der Waals surface area (Å²) in [6.45, 7) is 3.58. The molecule has 1 N–H and O–H groups in total. The first kappa shape index (κ1) is 23.6. The highest BCUT2D eigenvalue weighted by molar-refractivity contribution is 6.04. The first-order valence-electron chi connectivity index (χ1n) is 10.3. The van der Waals surface area contributed by atoms with Crippen LogP contribution >= 0.6 is 0 Å². The number of aromatic nitrogens is 5. The lowest BCUT2D eigenvalue weighted by Crippen LogP contribution is -2.15. The average molecular weight is 477 g/mol. The van der Waals surface area contributed by atoms with Gasteiger partial charge in [-0.15, -0.1) is 0 Å². The van der Waals surface area contributed by atoms with Crippen molar-refractivity contribution in [2.45, 2.75) is 20.0 Å². The van der Waals surface area contributed by atoms with Crippen molar-refractivity contribution in [1.29, 1.82) is 5.26 Å². The lowest BCUT2D eigenvalue weighted by molar-refractivity contribution is -0.141. The molecule has 0 spiro atoms. The number of carbonyl (C=O) groups is 1. The normalized spacial score (nSPS) is 11.2. The summed E-state index contributed by atoms with van der Waals surface area (Å²) in [6.07, 6.45) is 1.04. The maximum atomic E-state index is 12.9. The lowest BCUT2D eigenvalue weighted by atomic mass is 10.0. The van der Waals surface area contributed by atoms with Crippen LogP contribution in [0.5, 0.6) is 0 Å². The zero-order valence-corrected chi connectivity index (χ0v) is 18.8. The second-order valence-electron chi connectivity index (χ2n) is 7.77. The first-order valence-corrected chi connectivity index (χ1v) is 10.3. The third kappa shape index (κ3) is 4.86. The van der Waals surface area contributed by atoms with Gasteiger partial charge in [0.05, 0.1) is 28.8 Å². The molecule has 4 aromatic rings. The van der Waals surface area contributed by atoms with Crippen LogP contribution in [0.15, 0.2) is 49.1 Å². The fourth-order valence-electron chi connectivity index (χ4n) is 3.57. The van der Waals surface area contributed by atoms with E-state index in [1.807, 2.05) is 6.92 Å². The predicted molar refractivity (Wildman–Crippen MR) is 121 cm³/mol. The van der Waals surface area contributed by atoms with E-state index in [4.69, 9.17) is 0 Å². The second kappa shape index (κ2) is 8.98. The van der Waals surface area contributed by atoms with Crippen molar-refractivity contribution in [3.63, 3.8) is 0 Å². The third-order valence-electron chi connectivity index (χ3n) is 5.25. The highest BCUT2D eigenvalue weighted by Gasteiger charge is 2.33. The van der Waals surface area contributed by atoms with E-state index in [2.05, 4.69) is 31.4 Å². The first-order chi connectivity index (χ1) is 16.6. The van der Waals surface area contributed by atoms with Crippen molar-refractivity contribution in [3.05, 3.63) is 77.3 Å². The van der Waals surface area contributed by atoms with E-state index in [1.54, 1.807) is 43.2 Å². The number of carbonyl (C=O) groups excluding carboxylic acids is 1. The number of anilines is 1. The predicted octanol–water partition coefficient (Wildman–Crippen LogP) is 4.70. The lowest BCUT2D eigenvalue weighted by Gasteiger charge is -2.12. The number of amides is 1. The molecule has 0 radical (unpaired) electrons. The molecule has 0 aromatic carbocycles. The Labute approximate surface area is 198 Å². The van der Waals surface area contributed by atoms with Gasteiger partial charge in [0.2, 0.25) is 0 Å². The van der Waals surface area contributed by atoms with E-state index < -0.39 is 17.8 Å². The van der Waals surface area contributed by atoms with Crippen LogP contribution in [0.3, 0.4) is 0 Å². The van der Waals surface area contributed by atoms with E-state index in [1.165, 1.54) is 12.3 Å². The Kier molecular flexibility index (Phi) is 6.05. The van der Waals surface area contributed by atoms with Gasteiger partial charge in [0.25, 0.3) is 5.91 Å². The van der Waals surface area contributed by atoms with Crippen molar-refractivity contribution in [1.82, 2.24) is 24.7 Å². The van der Waals surface area contributed by atoms with Gasteiger partial charge >= 0.3 is 6.18 Å². The van der Waals surface area contributed by atoms with Gasteiger partial charge in [0.1, 0.15) is 11.8 Å². The molecular weight excluding hydrogens is 459 g/mol. The average Bonchev–Trinajstić information content (AvgIpc) is 3.16. The molecule has 176 valence electrons. The third-order valence-corrected chi connectivity index (χ3v) is 5.25. The Morgan fingerprint density at radius 3 is 2.49 bits per heavy atom. The number of alkyl halides is 3. The second-order valence-corrected chi connectivity index (χ2v) is 7.77. The van der Waals surface area contributed by atoms with Crippen LogP contribution in [0.1, 0.15) is 33.0 Å². The van der Waals surface area contributed by atoms with Crippen molar-refractivity contribution < 1.29 is 18.0 Å². The maximum absolute atomic E-state index is 12.9. The van der Waals surface area contributed by atoms with Crippen LogP contribution in [-0.2, 0) is 13.2 Å². The Hall–Kier alpha value is -4.59. The number of nitrogens with one attached hydrogen (secondary N) is 1. The number of hydrogen-bond donors (Lipinski definition) is 1. The number of pyridine rings is 3. The minimum absolute atomic E-state index is 0.195. The number of nitrogens with zero attached hydrogens (tertiary/aromatic N) is 6. The van der Waals surface area contributed by atoms with Crippen LogP contribution < -0.4 is 5.32 Å². The molecule has 4 heterocycles. The minimum atomic E-state index is -4.67. The Balaban J connectivity index is 1.66. The topological polar surface area (TPSA) is 109 Å². The van der Waals surface area contributed by atoms with E-state index in [0.717, 1.165) is 17.5 Å². The summed E-state index contributed by atoms with van der Waals surface area (Å²) in [5.41, 5.74) is 3.03. The monoisotopic (exact) mass is 477 g/mol. The van der Waals surface area contributed by atoms with E-state index >= 15 is 0 Å². The molecule has 0 aliphatic heterocycles. The minimum Gasteiger partial charge on any atom is -0.321 e. The van der Waals surface area contributed by atoms with Crippen molar-refractivity contribution in [2.24, 2.45) is 7.05 Å². The zero-order chi connectivity index (χ0) is 25.3. The summed E-state index contributed by atoms with van der Waals surface area (Å²) < 4.78 is 40.4. The molecule has 0 atom stereocenters. The van der Waals surface area contributed by atoms with E-state index in [9.17, 15) is 23.2 Å². The maximum Gasteiger partial charge on any atom is 0.433 e. The molecule has 0 unspecified atom stereocenters. The fourth-order valence-corrected chi connectivity index (χ4v) is 3.57. The smallest absolute Gasteiger partial charge is 0.321 e. The van der Waals surface area contributed by atoms with Gasteiger partial charge in [0, 0.05) is 53.6 Å². The Morgan fingerprint density at radius 1 is 1.06 bits per heavy atom. The molecule has 0 aliphatic carbocycles. The van der Waals surface area contributed by atoms with Gasteiger partial charge in [-0.05, 0) is 38.1 Å². The highest BCUT2D eigenvalue weighted by atomic mass is 19.4. The number of hydrogen-bond acceptors (Lipinski definition) is 6. The van der Waals surface area contributed by atoms with Crippen molar-refractivity contribution in [3.8, 4) is 28.5 Å². The largest absolute Gasteiger partial charge is 0.433 e. The van der Waals surface area contributed by atoms with Crippen molar-refractivity contribution in [2.75, 3.05) is 5.32 Å². The van der Waals surface area contributed by atoms with Gasteiger partial charge in [-0.2, -0.15) is 23.5 Å². The zero-order valence-electron chi connectivity index (χ0n) is 18.8. The van der Waals surface area contributed by atoms with E-state index in [0.29, 0.717) is 34.1 Å². The fraction of sp³-hybridized carbons (Fsp3) is 0.167. The number of nitriles is 1. The Bertz CT molecular complexity index is 1490. The van der Waals surface area contributed by atoms with Crippen LogP contribution in [0, 0.1) is 25.2 Å². The number of aryl methyl sites for hydroxylation is 3. The van der Waals surface area contributed by atoms with Gasteiger partial charge in [0.15, 0.2) is 0 Å². The summed E-state index contributed by atoms with van der Waals surface area (Å²) in [4.78, 5) is 24.6. The highest BCUT2D eigenvalue weighted by Crippen LogP contribution is 2.31. The summed E-state index contributed by atoms with van der Waals surface area (Å²) in [7, 11) is 1.78. The summed E-state index contributed by atoms with van der Waals surface area (Å²) in [6, 6.07) is 7.32. The molecule has 1 amide bonds. The quantitative estimate of drug-likeness (QED) is 0.456. The molecule has 0 bridgehead atoms. The van der Waals surface area contributed by atoms with Gasteiger partial charge in [-0.1, -0.05) is 0 Å². The van der Waals surface area contributed by atoms with Crippen LogP contribution in [0.25, 0.3) is 22.4 Å². The molecule has 4 rings (SSSR count). The summed E-state index contributed by atoms with van der Waals surface area (Å²) >= 11 is 0. The Morgan fingerprint density at radius 2 is 1.83 bits per heavy atom. The molecule has 0 saturated heterocycles.